The highest BCUT2D eigenvalue weighted by Crippen LogP contribution is 2.44. The van der Waals surface area contributed by atoms with Gasteiger partial charge in [-0.3, -0.25) is 24.4 Å². The number of carbonyl (C=O) groups excluding carboxylic acids is 2. The van der Waals surface area contributed by atoms with Crippen molar-refractivity contribution >= 4 is 56.5 Å². The Morgan fingerprint density at radius 3 is 2.46 bits per heavy atom. The number of aliphatic hydroxyl groups is 1. The van der Waals surface area contributed by atoms with E-state index in [1.165, 1.54) is 4.90 Å². The van der Waals surface area contributed by atoms with Gasteiger partial charge in [-0.2, -0.15) is 9.97 Å². The number of piperazine rings is 2. The zero-order chi connectivity index (χ0) is 56.4. The molecular weight excluding hydrogens is 1060 g/mol. The van der Waals surface area contributed by atoms with Crippen LogP contribution in [0, 0.1) is 18.7 Å². The Kier molecular flexibility index (Phi) is 15.0. The molecule has 19 heteroatoms. The van der Waals surface area contributed by atoms with Crippen molar-refractivity contribution in [3.8, 4) is 27.7 Å². The van der Waals surface area contributed by atoms with Crippen LogP contribution in [0.5, 0.6) is 6.01 Å². The van der Waals surface area contributed by atoms with Gasteiger partial charge in [-0.05, 0) is 98.7 Å². The van der Waals surface area contributed by atoms with Crippen molar-refractivity contribution in [2.45, 2.75) is 134 Å². The van der Waals surface area contributed by atoms with Gasteiger partial charge in [0.1, 0.15) is 35.6 Å². The highest BCUT2D eigenvalue weighted by atomic mass is 32.1. The number of benzene rings is 3. The molecule has 0 saturated carbocycles. The third kappa shape index (κ3) is 10.3. The van der Waals surface area contributed by atoms with Gasteiger partial charge in [-0.15, -0.1) is 11.3 Å². The van der Waals surface area contributed by atoms with Crippen molar-refractivity contribution in [1.29, 1.82) is 0 Å². The smallest absolute Gasteiger partial charge is 0.319 e. The summed E-state index contributed by atoms with van der Waals surface area (Å²) in [5.41, 5.74) is 7.12. The van der Waals surface area contributed by atoms with Gasteiger partial charge in [-0.1, -0.05) is 86.6 Å². The highest BCUT2D eigenvalue weighted by molar-refractivity contribution is 7.13. The Balaban J connectivity index is 0.655. The molecule has 13 rings (SSSR count). The Bertz CT molecular complexity index is 3480. The van der Waals surface area contributed by atoms with Crippen LogP contribution in [0.25, 0.3) is 43.4 Å². The number of nitrogens with one attached hydrogen (secondary N) is 2. The molecule has 430 valence electrons. The Morgan fingerprint density at radius 1 is 0.939 bits per heavy atom. The second-order valence-corrected chi connectivity index (χ2v) is 25.2. The van der Waals surface area contributed by atoms with Crippen LogP contribution in [0.15, 0.2) is 83.0 Å². The van der Waals surface area contributed by atoms with Crippen molar-refractivity contribution in [2.24, 2.45) is 5.92 Å². The van der Waals surface area contributed by atoms with Crippen molar-refractivity contribution < 1.29 is 28.3 Å². The minimum atomic E-state index is -0.822. The first-order valence-corrected chi connectivity index (χ1v) is 30.7. The standard InChI is InChI=1S/C63H75FN12O5S/c1-6-40-10-7-11-42-12-8-13-48(54(40)42)56-55(64)57-49(30-65-56)59(74-31-44-18-19-45(32-74)68-44)70-62(69-57)80-35-63-21-9-23-76(63)46(20-22-63)33-72-24-26-73(27-25-72)52-29-51(81-71-52)53(37(2)3)61(79)75-34-47(77)28-50(75)60(78)67-38(4)41-14-16-43(17-15-41)58-39(5)66-36-82-58/h7-8,10-17,29-30,36-38,44-47,50,53,68,77H,6,9,18-28,31-35H2,1-5H3,(H,67,78)/t38-,44?,45?,46-,47+,50-,53+,63+/m0/s1. The summed E-state index contributed by atoms with van der Waals surface area (Å²) in [4.78, 5) is 60.1. The molecule has 6 saturated heterocycles. The van der Waals surface area contributed by atoms with E-state index in [2.05, 4.69) is 71.6 Å². The summed E-state index contributed by atoms with van der Waals surface area (Å²) in [5, 5.41) is 24.9. The van der Waals surface area contributed by atoms with Gasteiger partial charge >= 0.3 is 6.01 Å². The molecule has 2 amide bonds. The maximum atomic E-state index is 17.4. The average molecular weight is 1130 g/mol. The summed E-state index contributed by atoms with van der Waals surface area (Å²) in [6.07, 6.45) is 8.30. The van der Waals surface area contributed by atoms with Crippen LogP contribution in [0.3, 0.4) is 0 Å². The van der Waals surface area contributed by atoms with Gasteiger partial charge in [0.2, 0.25) is 11.8 Å². The summed E-state index contributed by atoms with van der Waals surface area (Å²) >= 11 is 1.60. The molecule has 6 fully saturated rings. The Morgan fingerprint density at radius 2 is 1.72 bits per heavy atom. The fourth-order valence-electron chi connectivity index (χ4n) is 14.5. The fraction of sp³-hybridized carbons (Fsp3) is 0.508. The molecule has 3 aromatic carbocycles. The van der Waals surface area contributed by atoms with Gasteiger partial charge in [0.25, 0.3) is 0 Å². The van der Waals surface area contributed by atoms with Gasteiger partial charge in [0.15, 0.2) is 17.4 Å². The van der Waals surface area contributed by atoms with Crippen LogP contribution < -0.4 is 25.2 Å². The molecule has 4 aromatic heterocycles. The van der Waals surface area contributed by atoms with E-state index >= 15 is 4.39 Å². The largest absolute Gasteiger partial charge is 0.461 e. The predicted molar refractivity (Wildman–Crippen MR) is 317 cm³/mol. The van der Waals surface area contributed by atoms with Gasteiger partial charge < -0.3 is 39.7 Å². The van der Waals surface area contributed by atoms with E-state index in [0.29, 0.717) is 47.5 Å². The summed E-state index contributed by atoms with van der Waals surface area (Å²) in [6, 6.07) is 22.4. The molecule has 7 aromatic rings. The zero-order valence-electron chi connectivity index (χ0n) is 47.7. The highest BCUT2D eigenvalue weighted by Gasteiger charge is 2.51. The molecule has 6 aliphatic rings. The number of halogens is 1. The fourth-order valence-corrected chi connectivity index (χ4v) is 15.4. The molecule has 0 spiro atoms. The summed E-state index contributed by atoms with van der Waals surface area (Å²) in [7, 11) is 0. The van der Waals surface area contributed by atoms with Crippen molar-refractivity contribution in [3.63, 3.8) is 0 Å². The maximum absolute atomic E-state index is 17.4. The van der Waals surface area contributed by atoms with Gasteiger partial charge in [0.05, 0.1) is 39.2 Å². The molecule has 17 nitrogen and oxygen atoms in total. The summed E-state index contributed by atoms with van der Waals surface area (Å²) < 4.78 is 30.1. The quantitative estimate of drug-likeness (QED) is 0.0836. The van der Waals surface area contributed by atoms with Crippen LogP contribution in [-0.2, 0) is 16.0 Å². The van der Waals surface area contributed by atoms with Crippen LogP contribution >= 0.6 is 11.3 Å². The number of aromatic nitrogens is 5. The zero-order valence-corrected chi connectivity index (χ0v) is 48.5. The second kappa shape index (κ2) is 22.5. The van der Waals surface area contributed by atoms with Crippen LogP contribution in [-0.4, -0.2) is 158 Å². The lowest BCUT2D eigenvalue weighted by atomic mass is 9.91. The summed E-state index contributed by atoms with van der Waals surface area (Å²) in [6.45, 7) is 17.2. The number of aryl methyl sites for hydroxylation is 2. The molecular formula is C63H75FN12O5S. The van der Waals surface area contributed by atoms with E-state index in [1.54, 1.807) is 17.5 Å². The number of likely N-dealkylation sites (tertiary alicyclic amines) is 1. The number of hydrogen-bond donors (Lipinski definition) is 3. The third-order valence-corrected chi connectivity index (χ3v) is 19.8. The number of hydrogen-bond acceptors (Lipinski definition) is 16. The molecule has 0 aliphatic carbocycles. The summed E-state index contributed by atoms with van der Waals surface area (Å²) in [5.74, 6) is -0.00605. The number of thiazole rings is 1. The van der Waals surface area contributed by atoms with Crippen LogP contribution in [0.1, 0.15) is 107 Å². The van der Waals surface area contributed by atoms with E-state index in [4.69, 9.17) is 24.2 Å². The number of nitrogens with zero attached hydrogens (tertiary/aromatic N) is 10. The predicted octanol–water partition coefficient (Wildman–Crippen LogP) is 8.68. The molecule has 8 atom stereocenters. The van der Waals surface area contributed by atoms with Crippen molar-refractivity contribution in [3.05, 3.63) is 107 Å². The first-order chi connectivity index (χ1) is 39.8. The molecule has 0 radical (unpaired) electrons. The number of fused-ring (bicyclic) bond motifs is 5. The van der Waals surface area contributed by atoms with Gasteiger partial charge in [-0.25, -0.2) is 9.37 Å². The number of carbonyl (C=O) groups is 2. The normalized spacial score (nSPS) is 24.7. The first kappa shape index (κ1) is 54.6. The lowest BCUT2D eigenvalue weighted by molar-refractivity contribution is -0.141. The molecule has 82 heavy (non-hydrogen) atoms. The van der Waals surface area contributed by atoms with E-state index in [9.17, 15) is 14.7 Å². The minimum absolute atomic E-state index is 0.0674. The van der Waals surface area contributed by atoms with Gasteiger partial charge in [0, 0.05) is 94.7 Å². The number of amides is 2. The topological polar surface area (TPSA) is 181 Å². The number of aliphatic hydroxyl groups excluding tert-OH is 1. The third-order valence-electron chi connectivity index (χ3n) is 18.9. The Hall–Kier alpha value is -6.64. The second-order valence-electron chi connectivity index (χ2n) is 24.3. The van der Waals surface area contributed by atoms with E-state index in [0.717, 1.165) is 141 Å². The minimum Gasteiger partial charge on any atom is -0.461 e. The molecule has 6 aliphatic heterocycles. The van der Waals surface area contributed by atoms with Crippen molar-refractivity contribution in [2.75, 3.05) is 75.3 Å². The van der Waals surface area contributed by atoms with Crippen LogP contribution in [0.4, 0.5) is 16.0 Å². The number of β-amino-alcohol motifs (C(OH)–C–C–N with tert-alkyl or cyclic N) is 1. The van der Waals surface area contributed by atoms with Crippen molar-refractivity contribution in [1.82, 2.24) is 50.4 Å². The monoisotopic (exact) mass is 1130 g/mol. The van der Waals surface area contributed by atoms with E-state index < -0.39 is 23.9 Å². The molecule has 3 N–H and O–H groups in total. The number of rotatable bonds is 16. The molecule has 10 heterocycles. The average Bonchev–Trinajstić information content (AvgIpc) is 4.32. The number of ether oxygens (including phenoxy) is 1. The SMILES string of the molecule is CCc1cccc2cccc(-c3ncc4c(N5CC6CCC(C5)N6)nc(OC[C@]56CCCN5[C@H](CN5CCN(c7cc([C@H](C(=O)N8C[C@H](O)C[C@H]8C(=O)N[C@@H](C)c8ccc(-c9scnc9C)cc8)C(C)C)on7)CC5)CC6)nc4c3F)c12. The lowest BCUT2D eigenvalue weighted by Crippen LogP contribution is -2.53. The molecule has 2 unspecified atom stereocenters. The number of pyridine rings is 1. The maximum Gasteiger partial charge on any atom is 0.319 e. The molecule has 2 bridgehead atoms. The number of anilines is 2. The Labute approximate surface area is 482 Å². The first-order valence-electron chi connectivity index (χ1n) is 29.8. The van der Waals surface area contributed by atoms with Crippen LogP contribution in [0.2, 0.25) is 0 Å². The lowest BCUT2D eigenvalue weighted by Gasteiger charge is -2.39. The van der Waals surface area contributed by atoms with E-state index in [1.807, 2.05) is 75.7 Å². The van der Waals surface area contributed by atoms with E-state index in [-0.39, 0.29) is 59.5 Å².